The van der Waals surface area contributed by atoms with Gasteiger partial charge < -0.3 is 10.0 Å². The van der Waals surface area contributed by atoms with Crippen LogP contribution in [0.5, 0.6) is 0 Å². The highest BCUT2D eigenvalue weighted by molar-refractivity contribution is 5.80. The van der Waals surface area contributed by atoms with Crippen LogP contribution in [0.4, 0.5) is 0 Å². The summed E-state index contributed by atoms with van der Waals surface area (Å²) in [4.78, 5) is 16.4. The van der Waals surface area contributed by atoms with Crippen molar-refractivity contribution in [1.29, 1.82) is 0 Å². The minimum atomic E-state index is -0.241. The van der Waals surface area contributed by atoms with Crippen LogP contribution in [0.3, 0.4) is 0 Å². The van der Waals surface area contributed by atoms with Gasteiger partial charge in [-0.3, -0.25) is 9.69 Å². The van der Waals surface area contributed by atoms with Crippen LogP contribution in [0.15, 0.2) is 0 Å². The molecule has 2 rings (SSSR count). The first-order valence-electron chi connectivity index (χ1n) is 6.08. The van der Waals surface area contributed by atoms with E-state index in [1.807, 2.05) is 4.90 Å². The molecule has 2 aliphatic rings. The molecular formula is C12H22N2O2. The summed E-state index contributed by atoms with van der Waals surface area (Å²) >= 11 is 0. The standard InChI is InChI=1S/C12H22N2O2/c1-12(2)8-14(5-4-13(12)3)11(16)9-6-10(15)7-9/h9-10,15H,4-8H2,1-3H3. The predicted octanol–water partition coefficient (Wildman–Crippen LogP) is 0.310. The van der Waals surface area contributed by atoms with Crippen LogP contribution in [0.25, 0.3) is 0 Å². The number of carbonyl (C=O) groups is 1. The lowest BCUT2D eigenvalue weighted by atomic mass is 9.81. The number of aliphatic hydroxyl groups excluding tert-OH is 1. The lowest BCUT2D eigenvalue weighted by Crippen LogP contribution is -2.60. The fourth-order valence-electron chi connectivity index (χ4n) is 2.48. The number of piperazine rings is 1. The van der Waals surface area contributed by atoms with Crippen molar-refractivity contribution >= 4 is 5.91 Å². The van der Waals surface area contributed by atoms with E-state index in [9.17, 15) is 9.90 Å². The molecule has 4 heteroatoms. The molecule has 0 unspecified atom stereocenters. The van der Waals surface area contributed by atoms with Gasteiger partial charge in [-0.15, -0.1) is 0 Å². The maximum atomic E-state index is 12.1. The van der Waals surface area contributed by atoms with Gasteiger partial charge in [0.15, 0.2) is 0 Å². The Balaban J connectivity index is 1.93. The summed E-state index contributed by atoms with van der Waals surface area (Å²) in [7, 11) is 2.11. The number of hydrogen-bond donors (Lipinski definition) is 1. The summed E-state index contributed by atoms with van der Waals surface area (Å²) in [6.07, 6.45) is 1.08. The first kappa shape index (κ1) is 11.9. The molecule has 0 bridgehead atoms. The zero-order valence-electron chi connectivity index (χ0n) is 10.4. The van der Waals surface area contributed by atoms with Gasteiger partial charge in [-0.25, -0.2) is 0 Å². The van der Waals surface area contributed by atoms with Gasteiger partial charge in [0.05, 0.1) is 6.10 Å². The van der Waals surface area contributed by atoms with Crippen LogP contribution >= 0.6 is 0 Å². The van der Waals surface area contributed by atoms with E-state index in [4.69, 9.17) is 0 Å². The summed E-state index contributed by atoms with van der Waals surface area (Å²) in [6.45, 7) is 6.90. The lowest BCUT2D eigenvalue weighted by Gasteiger charge is -2.47. The van der Waals surface area contributed by atoms with Crippen molar-refractivity contribution in [3.8, 4) is 0 Å². The van der Waals surface area contributed by atoms with E-state index in [1.54, 1.807) is 0 Å². The molecule has 1 amide bonds. The third kappa shape index (κ3) is 2.09. The second-order valence-corrected chi connectivity index (χ2v) is 5.82. The maximum absolute atomic E-state index is 12.1. The van der Waals surface area contributed by atoms with E-state index in [-0.39, 0.29) is 23.5 Å². The molecule has 1 aliphatic carbocycles. The van der Waals surface area contributed by atoms with Crippen molar-refractivity contribution in [1.82, 2.24) is 9.80 Å². The Morgan fingerprint density at radius 2 is 1.94 bits per heavy atom. The fourth-order valence-corrected chi connectivity index (χ4v) is 2.48. The van der Waals surface area contributed by atoms with Gasteiger partial charge in [0, 0.05) is 31.1 Å². The maximum Gasteiger partial charge on any atom is 0.225 e. The van der Waals surface area contributed by atoms with Gasteiger partial charge in [0.25, 0.3) is 0 Å². The summed E-state index contributed by atoms with van der Waals surface area (Å²) in [5, 5.41) is 9.23. The molecule has 2 fully saturated rings. The summed E-state index contributed by atoms with van der Waals surface area (Å²) in [6, 6.07) is 0. The predicted molar refractivity (Wildman–Crippen MR) is 62.0 cm³/mol. The quantitative estimate of drug-likeness (QED) is 0.700. The summed E-state index contributed by atoms with van der Waals surface area (Å²) in [5.74, 6) is 0.320. The number of likely N-dealkylation sites (N-methyl/N-ethyl adjacent to an activating group) is 1. The highest BCUT2D eigenvalue weighted by Gasteiger charge is 2.39. The third-order valence-electron chi connectivity index (χ3n) is 4.09. The van der Waals surface area contributed by atoms with Crippen molar-refractivity contribution in [2.75, 3.05) is 26.7 Å². The largest absolute Gasteiger partial charge is 0.393 e. The number of nitrogens with zero attached hydrogens (tertiary/aromatic N) is 2. The van der Waals surface area contributed by atoms with Crippen LogP contribution in [-0.4, -0.2) is 59.1 Å². The molecule has 0 spiro atoms. The molecule has 4 nitrogen and oxygen atoms in total. The Labute approximate surface area is 97.2 Å². The molecule has 0 aromatic carbocycles. The molecule has 1 saturated heterocycles. The van der Waals surface area contributed by atoms with Crippen LogP contribution in [-0.2, 0) is 4.79 Å². The molecule has 16 heavy (non-hydrogen) atoms. The van der Waals surface area contributed by atoms with E-state index >= 15 is 0 Å². The fraction of sp³-hybridized carbons (Fsp3) is 0.917. The van der Waals surface area contributed by atoms with Gasteiger partial charge in [-0.1, -0.05) is 0 Å². The molecule has 0 radical (unpaired) electrons. The van der Waals surface area contributed by atoms with Crippen molar-refractivity contribution < 1.29 is 9.90 Å². The third-order valence-corrected chi connectivity index (χ3v) is 4.09. The van der Waals surface area contributed by atoms with Gasteiger partial charge in [0.1, 0.15) is 0 Å². The topological polar surface area (TPSA) is 43.8 Å². The average molecular weight is 226 g/mol. The molecule has 0 aromatic rings. The second-order valence-electron chi connectivity index (χ2n) is 5.82. The van der Waals surface area contributed by atoms with E-state index in [1.165, 1.54) is 0 Å². The Kier molecular flexibility index (Phi) is 2.97. The SMILES string of the molecule is CN1CCN(C(=O)C2CC(O)C2)CC1(C)C. The first-order valence-corrected chi connectivity index (χ1v) is 6.08. The van der Waals surface area contributed by atoms with E-state index < -0.39 is 0 Å². The van der Waals surface area contributed by atoms with Crippen LogP contribution in [0.1, 0.15) is 26.7 Å². The Hall–Kier alpha value is -0.610. The molecule has 1 N–H and O–H groups in total. The zero-order chi connectivity index (χ0) is 11.9. The number of amides is 1. The minimum absolute atomic E-state index is 0.0657. The molecular weight excluding hydrogens is 204 g/mol. The molecule has 0 atom stereocenters. The van der Waals surface area contributed by atoms with Crippen LogP contribution < -0.4 is 0 Å². The summed E-state index contributed by atoms with van der Waals surface area (Å²) < 4.78 is 0. The van der Waals surface area contributed by atoms with Crippen molar-refractivity contribution in [3.63, 3.8) is 0 Å². The van der Waals surface area contributed by atoms with Gasteiger partial charge in [0.2, 0.25) is 5.91 Å². The molecule has 1 heterocycles. The average Bonchev–Trinajstić information content (AvgIpc) is 2.16. The highest BCUT2D eigenvalue weighted by atomic mass is 16.3. The number of aliphatic hydroxyl groups is 1. The number of carbonyl (C=O) groups excluding carboxylic acids is 1. The molecule has 1 saturated carbocycles. The van der Waals surface area contributed by atoms with Crippen molar-refractivity contribution in [2.45, 2.75) is 38.3 Å². The van der Waals surface area contributed by atoms with Crippen molar-refractivity contribution in [3.05, 3.63) is 0 Å². The Morgan fingerprint density at radius 3 is 2.44 bits per heavy atom. The van der Waals surface area contributed by atoms with E-state index in [0.717, 1.165) is 19.6 Å². The van der Waals surface area contributed by atoms with Crippen LogP contribution in [0.2, 0.25) is 0 Å². The number of hydrogen-bond acceptors (Lipinski definition) is 3. The monoisotopic (exact) mass is 226 g/mol. The lowest BCUT2D eigenvalue weighted by molar-refractivity contribution is -0.146. The van der Waals surface area contributed by atoms with Crippen LogP contribution in [0, 0.1) is 5.92 Å². The number of rotatable bonds is 1. The smallest absolute Gasteiger partial charge is 0.225 e. The zero-order valence-corrected chi connectivity index (χ0v) is 10.4. The minimum Gasteiger partial charge on any atom is -0.393 e. The van der Waals surface area contributed by atoms with Gasteiger partial charge in [-0.2, -0.15) is 0 Å². The molecule has 92 valence electrons. The first-order chi connectivity index (χ1) is 7.40. The van der Waals surface area contributed by atoms with Gasteiger partial charge in [-0.05, 0) is 33.7 Å². The van der Waals surface area contributed by atoms with Crippen molar-refractivity contribution in [2.24, 2.45) is 5.92 Å². The van der Waals surface area contributed by atoms with E-state index in [2.05, 4.69) is 25.8 Å². The molecule has 1 aliphatic heterocycles. The Morgan fingerprint density at radius 1 is 1.31 bits per heavy atom. The van der Waals surface area contributed by atoms with E-state index in [0.29, 0.717) is 12.8 Å². The Bertz CT molecular complexity index is 285. The molecule has 0 aromatic heterocycles. The summed E-state index contributed by atoms with van der Waals surface area (Å²) in [5.41, 5.74) is 0.0657. The second kappa shape index (κ2) is 4.00. The highest BCUT2D eigenvalue weighted by Crippen LogP contribution is 2.30. The van der Waals surface area contributed by atoms with Gasteiger partial charge >= 0.3 is 0 Å². The normalized spacial score (nSPS) is 34.6.